The van der Waals surface area contributed by atoms with Crippen molar-refractivity contribution in [2.75, 3.05) is 5.32 Å². The monoisotopic (exact) mass is 443 g/mol. The highest BCUT2D eigenvalue weighted by Crippen LogP contribution is 2.27. The SMILES string of the molecule is O=C(Nc1ncc(Cc2ccc(Cl)cc2Cl)s1)c1cn(Cc2ccccc2)nn1. The molecular formula is C20H15Cl2N5OS. The van der Waals surface area contributed by atoms with E-state index in [0.29, 0.717) is 28.1 Å². The molecule has 146 valence electrons. The molecule has 0 radical (unpaired) electrons. The second kappa shape index (κ2) is 8.73. The van der Waals surface area contributed by atoms with Crippen molar-refractivity contribution < 1.29 is 4.79 Å². The van der Waals surface area contributed by atoms with Crippen molar-refractivity contribution in [2.45, 2.75) is 13.0 Å². The van der Waals surface area contributed by atoms with Gasteiger partial charge in [0.2, 0.25) is 0 Å². The van der Waals surface area contributed by atoms with E-state index >= 15 is 0 Å². The predicted molar refractivity (Wildman–Crippen MR) is 115 cm³/mol. The summed E-state index contributed by atoms with van der Waals surface area (Å²) in [5.41, 5.74) is 2.26. The van der Waals surface area contributed by atoms with Crippen molar-refractivity contribution in [3.63, 3.8) is 0 Å². The minimum atomic E-state index is -0.352. The lowest BCUT2D eigenvalue weighted by Gasteiger charge is -2.02. The van der Waals surface area contributed by atoms with Crippen LogP contribution < -0.4 is 5.32 Å². The van der Waals surface area contributed by atoms with E-state index in [9.17, 15) is 4.79 Å². The molecule has 0 aliphatic heterocycles. The summed E-state index contributed by atoms with van der Waals surface area (Å²) in [6, 6.07) is 15.2. The molecule has 9 heteroatoms. The molecule has 0 aliphatic carbocycles. The highest BCUT2D eigenvalue weighted by atomic mass is 35.5. The summed E-state index contributed by atoms with van der Waals surface area (Å²) in [6.45, 7) is 0.546. The Labute approximate surface area is 181 Å². The molecule has 2 aromatic heterocycles. The zero-order chi connectivity index (χ0) is 20.2. The summed E-state index contributed by atoms with van der Waals surface area (Å²) in [4.78, 5) is 17.7. The number of carbonyl (C=O) groups is 1. The van der Waals surface area contributed by atoms with E-state index in [2.05, 4.69) is 20.6 Å². The van der Waals surface area contributed by atoms with Crippen LogP contribution >= 0.6 is 34.5 Å². The Kier molecular flexibility index (Phi) is 5.89. The largest absolute Gasteiger partial charge is 0.296 e. The Morgan fingerprint density at radius 3 is 2.76 bits per heavy atom. The van der Waals surface area contributed by atoms with Gasteiger partial charge in [-0.05, 0) is 23.3 Å². The summed E-state index contributed by atoms with van der Waals surface area (Å²) < 4.78 is 1.63. The summed E-state index contributed by atoms with van der Waals surface area (Å²) in [5, 5.41) is 12.4. The predicted octanol–water partition coefficient (Wildman–Crippen LogP) is 4.93. The Bertz CT molecular complexity index is 1140. The summed E-state index contributed by atoms with van der Waals surface area (Å²) in [5.74, 6) is -0.352. The van der Waals surface area contributed by atoms with E-state index in [1.165, 1.54) is 11.3 Å². The number of anilines is 1. The van der Waals surface area contributed by atoms with Crippen LogP contribution in [0.3, 0.4) is 0 Å². The van der Waals surface area contributed by atoms with Crippen LogP contribution in [0.5, 0.6) is 0 Å². The number of hydrogen-bond acceptors (Lipinski definition) is 5. The van der Waals surface area contributed by atoms with Crippen molar-refractivity contribution in [2.24, 2.45) is 0 Å². The van der Waals surface area contributed by atoms with Crippen molar-refractivity contribution in [3.8, 4) is 0 Å². The zero-order valence-corrected chi connectivity index (χ0v) is 17.4. The van der Waals surface area contributed by atoms with Crippen LogP contribution in [0.4, 0.5) is 5.13 Å². The van der Waals surface area contributed by atoms with Gasteiger partial charge in [0, 0.05) is 27.5 Å². The Morgan fingerprint density at radius 1 is 1.14 bits per heavy atom. The van der Waals surface area contributed by atoms with E-state index in [1.54, 1.807) is 29.2 Å². The zero-order valence-electron chi connectivity index (χ0n) is 15.0. The molecule has 1 amide bonds. The average Bonchev–Trinajstić information content (AvgIpc) is 3.34. The molecule has 29 heavy (non-hydrogen) atoms. The molecule has 0 bridgehead atoms. The number of rotatable bonds is 6. The Balaban J connectivity index is 1.39. The first-order valence-corrected chi connectivity index (χ1v) is 10.3. The number of hydrogen-bond donors (Lipinski definition) is 1. The number of carbonyl (C=O) groups excluding carboxylic acids is 1. The number of benzene rings is 2. The number of thiazole rings is 1. The topological polar surface area (TPSA) is 72.7 Å². The van der Waals surface area contributed by atoms with E-state index in [1.807, 2.05) is 36.4 Å². The summed E-state index contributed by atoms with van der Waals surface area (Å²) >= 11 is 13.5. The first-order chi connectivity index (χ1) is 14.1. The second-order valence-electron chi connectivity index (χ2n) is 6.29. The molecule has 0 saturated carbocycles. The van der Waals surface area contributed by atoms with Crippen molar-refractivity contribution in [1.82, 2.24) is 20.0 Å². The van der Waals surface area contributed by atoms with Crippen LogP contribution in [0.1, 0.15) is 26.5 Å². The summed E-state index contributed by atoms with van der Waals surface area (Å²) in [7, 11) is 0. The lowest BCUT2D eigenvalue weighted by molar-refractivity contribution is 0.102. The molecule has 6 nitrogen and oxygen atoms in total. The van der Waals surface area contributed by atoms with Gasteiger partial charge < -0.3 is 0 Å². The highest BCUT2D eigenvalue weighted by Gasteiger charge is 2.14. The Hall–Kier alpha value is -2.74. The van der Waals surface area contributed by atoms with Crippen LogP contribution in [0.2, 0.25) is 10.0 Å². The number of nitrogens with zero attached hydrogens (tertiary/aromatic N) is 4. The van der Waals surface area contributed by atoms with Gasteiger partial charge >= 0.3 is 0 Å². The molecule has 2 heterocycles. The normalized spacial score (nSPS) is 10.8. The standard InChI is InChI=1S/C20H15Cl2N5OS/c21-15-7-6-14(17(22)9-15)8-16-10-23-20(29-16)24-19(28)18-12-27(26-25-18)11-13-4-2-1-3-5-13/h1-7,9-10,12H,8,11H2,(H,23,24,28). The molecule has 2 aromatic carbocycles. The molecule has 0 unspecified atom stereocenters. The fourth-order valence-electron chi connectivity index (χ4n) is 2.71. The van der Waals surface area contributed by atoms with Gasteiger partial charge in [0.1, 0.15) is 0 Å². The highest BCUT2D eigenvalue weighted by molar-refractivity contribution is 7.15. The maximum absolute atomic E-state index is 12.4. The minimum absolute atomic E-state index is 0.235. The molecule has 0 aliphatic rings. The van der Waals surface area contributed by atoms with Crippen molar-refractivity contribution in [3.05, 3.63) is 92.7 Å². The number of halogens is 2. The molecule has 1 N–H and O–H groups in total. The average molecular weight is 444 g/mol. The molecule has 0 atom stereocenters. The van der Waals surface area contributed by atoms with Crippen LogP contribution in [0, 0.1) is 0 Å². The minimum Gasteiger partial charge on any atom is -0.296 e. The number of amides is 1. The van der Waals surface area contributed by atoms with Gasteiger partial charge in [0.05, 0.1) is 12.7 Å². The van der Waals surface area contributed by atoms with E-state index in [0.717, 1.165) is 16.0 Å². The lowest BCUT2D eigenvalue weighted by Crippen LogP contribution is -2.12. The van der Waals surface area contributed by atoms with Crippen molar-refractivity contribution >= 4 is 45.6 Å². The van der Waals surface area contributed by atoms with E-state index < -0.39 is 0 Å². The van der Waals surface area contributed by atoms with Gasteiger partial charge in [-0.3, -0.25) is 10.1 Å². The van der Waals surface area contributed by atoms with Crippen LogP contribution in [-0.4, -0.2) is 25.9 Å². The van der Waals surface area contributed by atoms with Gasteiger partial charge in [-0.15, -0.1) is 16.4 Å². The molecular weight excluding hydrogens is 429 g/mol. The molecule has 0 spiro atoms. The number of aromatic nitrogens is 4. The molecule has 0 saturated heterocycles. The third kappa shape index (κ3) is 5.00. The van der Waals surface area contributed by atoms with E-state index in [4.69, 9.17) is 23.2 Å². The third-order valence-corrected chi connectivity index (χ3v) is 5.61. The molecule has 4 aromatic rings. The lowest BCUT2D eigenvalue weighted by atomic mass is 10.1. The second-order valence-corrected chi connectivity index (χ2v) is 8.24. The van der Waals surface area contributed by atoms with Crippen LogP contribution in [0.15, 0.2) is 60.9 Å². The van der Waals surface area contributed by atoms with Gasteiger partial charge in [-0.1, -0.05) is 64.8 Å². The maximum Gasteiger partial charge on any atom is 0.279 e. The fourth-order valence-corrected chi connectivity index (χ4v) is 4.02. The van der Waals surface area contributed by atoms with E-state index in [-0.39, 0.29) is 11.6 Å². The van der Waals surface area contributed by atoms with Gasteiger partial charge in [0.25, 0.3) is 5.91 Å². The van der Waals surface area contributed by atoms with Gasteiger partial charge in [-0.25, -0.2) is 9.67 Å². The van der Waals surface area contributed by atoms with Crippen LogP contribution in [-0.2, 0) is 13.0 Å². The number of nitrogens with one attached hydrogen (secondary N) is 1. The Morgan fingerprint density at radius 2 is 1.97 bits per heavy atom. The first-order valence-electron chi connectivity index (χ1n) is 8.71. The van der Waals surface area contributed by atoms with Crippen LogP contribution in [0.25, 0.3) is 0 Å². The first kappa shape index (κ1) is 19.6. The van der Waals surface area contributed by atoms with Crippen molar-refractivity contribution in [1.29, 1.82) is 0 Å². The summed E-state index contributed by atoms with van der Waals surface area (Å²) in [6.07, 6.45) is 3.94. The molecule has 4 rings (SSSR count). The molecule has 0 fully saturated rings. The smallest absolute Gasteiger partial charge is 0.279 e. The maximum atomic E-state index is 12.4. The third-order valence-electron chi connectivity index (χ3n) is 4.11. The quantitative estimate of drug-likeness (QED) is 0.458. The van der Waals surface area contributed by atoms with Gasteiger partial charge in [-0.2, -0.15) is 0 Å². The fraction of sp³-hybridized carbons (Fsp3) is 0.100. The van der Waals surface area contributed by atoms with Gasteiger partial charge in [0.15, 0.2) is 10.8 Å².